The SMILES string of the molecule is Cl.O[C@H](CNC1CCCC1)COCCOc1ccc(Br)cc1. The summed E-state index contributed by atoms with van der Waals surface area (Å²) in [5.74, 6) is 0.824. The summed E-state index contributed by atoms with van der Waals surface area (Å²) in [6.07, 6.45) is 4.62. The third kappa shape index (κ3) is 7.79. The van der Waals surface area contributed by atoms with Crippen molar-refractivity contribution in [3.05, 3.63) is 28.7 Å². The van der Waals surface area contributed by atoms with E-state index < -0.39 is 6.10 Å². The second-order valence-electron chi connectivity index (χ2n) is 5.42. The largest absolute Gasteiger partial charge is 0.491 e. The molecular formula is C16H25BrClNO3. The fourth-order valence-electron chi connectivity index (χ4n) is 2.46. The van der Waals surface area contributed by atoms with Crippen LogP contribution >= 0.6 is 28.3 Å². The molecule has 0 aliphatic heterocycles. The summed E-state index contributed by atoms with van der Waals surface area (Å²) in [5.41, 5.74) is 0. The monoisotopic (exact) mass is 393 g/mol. The Balaban J connectivity index is 0.00000242. The van der Waals surface area contributed by atoms with Gasteiger partial charge in [0.25, 0.3) is 0 Å². The van der Waals surface area contributed by atoms with Crippen LogP contribution < -0.4 is 10.1 Å². The summed E-state index contributed by atoms with van der Waals surface area (Å²) < 4.78 is 12.0. The molecule has 0 heterocycles. The molecule has 0 bridgehead atoms. The third-order valence-electron chi connectivity index (χ3n) is 3.62. The van der Waals surface area contributed by atoms with Crippen molar-refractivity contribution < 1.29 is 14.6 Å². The van der Waals surface area contributed by atoms with Crippen molar-refractivity contribution in [2.24, 2.45) is 0 Å². The van der Waals surface area contributed by atoms with E-state index in [4.69, 9.17) is 9.47 Å². The second kappa shape index (κ2) is 11.2. The second-order valence-corrected chi connectivity index (χ2v) is 6.34. The van der Waals surface area contributed by atoms with E-state index >= 15 is 0 Å². The topological polar surface area (TPSA) is 50.7 Å². The Hall–Kier alpha value is -0.330. The first kappa shape index (κ1) is 19.7. The van der Waals surface area contributed by atoms with E-state index in [1.807, 2.05) is 24.3 Å². The van der Waals surface area contributed by atoms with E-state index in [9.17, 15) is 5.11 Å². The van der Waals surface area contributed by atoms with Crippen LogP contribution in [0.4, 0.5) is 0 Å². The van der Waals surface area contributed by atoms with Gasteiger partial charge in [-0.3, -0.25) is 0 Å². The average Bonchev–Trinajstić information content (AvgIpc) is 3.00. The highest BCUT2D eigenvalue weighted by molar-refractivity contribution is 9.10. The number of aliphatic hydroxyl groups excluding tert-OH is 1. The molecule has 2 rings (SSSR count). The number of hydrogen-bond donors (Lipinski definition) is 2. The number of nitrogens with one attached hydrogen (secondary N) is 1. The van der Waals surface area contributed by atoms with E-state index in [2.05, 4.69) is 21.2 Å². The first-order chi connectivity index (χ1) is 10.2. The van der Waals surface area contributed by atoms with Gasteiger partial charge >= 0.3 is 0 Å². The Morgan fingerprint density at radius 1 is 1.18 bits per heavy atom. The Morgan fingerprint density at radius 2 is 1.86 bits per heavy atom. The van der Waals surface area contributed by atoms with Crippen molar-refractivity contribution in [1.29, 1.82) is 0 Å². The van der Waals surface area contributed by atoms with Gasteiger partial charge < -0.3 is 19.9 Å². The zero-order valence-electron chi connectivity index (χ0n) is 12.7. The molecular weight excluding hydrogens is 370 g/mol. The van der Waals surface area contributed by atoms with Crippen LogP contribution in [0.1, 0.15) is 25.7 Å². The van der Waals surface area contributed by atoms with Crippen molar-refractivity contribution in [1.82, 2.24) is 5.32 Å². The van der Waals surface area contributed by atoms with Gasteiger partial charge in [-0.2, -0.15) is 0 Å². The molecule has 1 fully saturated rings. The molecule has 1 aromatic carbocycles. The van der Waals surface area contributed by atoms with Gasteiger partial charge in [-0.05, 0) is 37.1 Å². The number of hydrogen-bond acceptors (Lipinski definition) is 4. The summed E-state index contributed by atoms with van der Waals surface area (Å²) in [6, 6.07) is 8.28. The highest BCUT2D eigenvalue weighted by atomic mass is 79.9. The van der Waals surface area contributed by atoms with Gasteiger partial charge in [0.05, 0.1) is 19.3 Å². The summed E-state index contributed by atoms with van der Waals surface area (Å²) in [7, 11) is 0. The van der Waals surface area contributed by atoms with Gasteiger partial charge in [-0.1, -0.05) is 28.8 Å². The van der Waals surface area contributed by atoms with Gasteiger partial charge in [-0.15, -0.1) is 12.4 Å². The van der Waals surface area contributed by atoms with Crippen LogP contribution in [0.2, 0.25) is 0 Å². The molecule has 22 heavy (non-hydrogen) atoms. The van der Waals surface area contributed by atoms with Crippen molar-refractivity contribution in [3.8, 4) is 5.75 Å². The van der Waals surface area contributed by atoms with Gasteiger partial charge in [0.2, 0.25) is 0 Å². The lowest BCUT2D eigenvalue weighted by molar-refractivity contribution is 0.0241. The number of halogens is 2. The Labute approximate surface area is 147 Å². The lowest BCUT2D eigenvalue weighted by atomic mass is 10.2. The van der Waals surface area contributed by atoms with Crippen LogP contribution in [0.5, 0.6) is 5.75 Å². The fourth-order valence-corrected chi connectivity index (χ4v) is 2.72. The molecule has 2 N–H and O–H groups in total. The van der Waals surface area contributed by atoms with Crippen LogP contribution in [0, 0.1) is 0 Å². The van der Waals surface area contributed by atoms with Crippen LogP contribution in [-0.2, 0) is 4.74 Å². The molecule has 4 nitrogen and oxygen atoms in total. The lowest BCUT2D eigenvalue weighted by Gasteiger charge is -2.16. The highest BCUT2D eigenvalue weighted by Crippen LogP contribution is 2.17. The molecule has 1 aliphatic carbocycles. The molecule has 0 amide bonds. The Bertz CT molecular complexity index is 399. The molecule has 126 valence electrons. The molecule has 1 aliphatic rings. The minimum absolute atomic E-state index is 0. The zero-order valence-corrected chi connectivity index (χ0v) is 15.1. The zero-order chi connectivity index (χ0) is 14.9. The van der Waals surface area contributed by atoms with Gasteiger partial charge in [-0.25, -0.2) is 0 Å². The molecule has 6 heteroatoms. The van der Waals surface area contributed by atoms with Gasteiger partial charge in [0, 0.05) is 17.1 Å². The first-order valence-electron chi connectivity index (χ1n) is 7.61. The van der Waals surface area contributed by atoms with E-state index in [0.717, 1.165) is 10.2 Å². The minimum Gasteiger partial charge on any atom is -0.491 e. The van der Waals surface area contributed by atoms with Crippen LogP contribution in [0.15, 0.2) is 28.7 Å². The quantitative estimate of drug-likeness (QED) is 0.632. The molecule has 0 aromatic heterocycles. The molecule has 1 atom stereocenters. The van der Waals surface area contributed by atoms with Crippen LogP contribution in [0.3, 0.4) is 0 Å². The molecule has 0 unspecified atom stereocenters. The maximum Gasteiger partial charge on any atom is 0.119 e. The molecule has 1 saturated carbocycles. The Morgan fingerprint density at radius 3 is 2.55 bits per heavy atom. The first-order valence-corrected chi connectivity index (χ1v) is 8.41. The van der Waals surface area contributed by atoms with Crippen molar-refractivity contribution >= 4 is 28.3 Å². The average molecular weight is 395 g/mol. The van der Waals surface area contributed by atoms with E-state index in [1.54, 1.807) is 0 Å². The number of benzene rings is 1. The maximum atomic E-state index is 9.82. The van der Waals surface area contributed by atoms with Crippen molar-refractivity contribution in [2.45, 2.75) is 37.8 Å². The predicted octanol–water partition coefficient (Wildman–Crippen LogP) is 3.16. The van der Waals surface area contributed by atoms with E-state index in [0.29, 0.717) is 32.4 Å². The number of aliphatic hydroxyl groups is 1. The van der Waals surface area contributed by atoms with Crippen molar-refractivity contribution in [2.75, 3.05) is 26.4 Å². The van der Waals surface area contributed by atoms with Gasteiger partial charge in [0.15, 0.2) is 0 Å². The smallest absolute Gasteiger partial charge is 0.119 e. The minimum atomic E-state index is -0.446. The summed E-state index contributed by atoms with van der Waals surface area (Å²) >= 11 is 3.38. The van der Waals surface area contributed by atoms with E-state index in [1.165, 1.54) is 25.7 Å². The third-order valence-corrected chi connectivity index (χ3v) is 4.15. The number of ether oxygens (including phenoxy) is 2. The molecule has 1 aromatic rings. The van der Waals surface area contributed by atoms with Crippen molar-refractivity contribution in [3.63, 3.8) is 0 Å². The molecule has 0 spiro atoms. The summed E-state index contributed by atoms with van der Waals surface area (Å²) in [4.78, 5) is 0. The Kier molecular flexibility index (Phi) is 10.1. The van der Waals surface area contributed by atoms with Gasteiger partial charge in [0.1, 0.15) is 12.4 Å². The number of rotatable bonds is 9. The maximum absolute atomic E-state index is 9.82. The summed E-state index contributed by atoms with van der Waals surface area (Å²) in [5, 5.41) is 13.2. The van der Waals surface area contributed by atoms with Crippen LogP contribution in [0.25, 0.3) is 0 Å². The lowest BCUT2D eigenvalue weighted by Crippen LogP contribution is -2.36. The molecule has 0 radical (unpaired) electrons. The molecule has 0 saturated heterocycles. The van der Waals surface area contributed by atoms with Crippen LogP contribution in [-0.4, -0.2) is 43.6 Å². The summed E-state index contributed by atoms with van der Waals surface area (Å²) in [6.45, 7) is 1.93. The highest BCUT2D eigenvalue weighted by Gasteiger charge is 2.15. The van der Waals surface area contributed by atoms with E-state index in [-0.39, 0.29) is 12.4 Å². The standard InChI is InChI=1S/C16H24BrNO3.ClH/c17-13-5-7-16(8-6-13)21-10-9-20-12-15(19)11-18-14-3-1-2-4-14;/h5-8,14-15,18-19H,1-4,9-12H2;1H/t15-;/m1./s1. The fraction of sp³-hybridized carbons (Fsp3) is 0.625. The normalized spacial score (nSPS) is 16.3. The predicted molar refractivity (Wildman–Crippen MR) is 94.0 cm³/mol.